The van der Waals surface area contributed by atoms with E-state index in [-0.39, 0.29) is 0 Å². The summed E-state index contributed by atoms with van der Waals surface area (Å²) in [5.41, 5.74) is 8.24. The normalized spacial score (nSPS) is 19.5. The first-order valence-electron chi connectivity index (χ1n) is 9.85. The molecule has 2 saturated heterocycles. The van der Waals surface area contributed by atoms with E-state index in [4.69, 9.17) is 20.3 Å². The number of methoxy groups -OCH3 is 2. The third-order valence-electron chi connectivity index (χ3n) is 5.91. The molecular formula is C20H25N7O2. The van der Waals surface area contributed by atoms with Gasteiger partial charge in [0.05, 0.1) is 20.3 Å². The molecule has 0 spiro atoms. The van der Waals surface area contributed by atoms with Crippen LogP contribution < -0.4 is 25.4 Å². The summed E-state index contributed by atoms with van der Waals surface area (Å²) in [4.78, 5) is 10.9. The fraction of sp³-hybridized carbons (Fsp3) is 0.450. The summed E-state index contributed by atoms with van der Waals surface area (Å²) in [6, 6.07) is 6.33. The number of rotatable bonds is 5. The Morgan fingerprint density at radius 1 is 1.10 bits per heavy atom. The zero-order chi connectivity index (χ0) is 20.0. The number of fused-ring (bicyclic) bond motifs is 1. The molecule has 1 atom stereocenters. The van der Waals surface area contributed by atoms with Crippen molar-refractivity contribution in [1.82, 2.24) is 25.1 Å². The Kier molecular flexibility index (Phi) is 4.39. The lowest BCUT2D eigenvalue weighted by molar-refractivity contribution is 0.391. The molecule has 152 valence electrons. The topological polar surface area (TPSA) is 103 Å². The van der Waals surface area contributed by atoms with Gasteiger partial charge in [0, 0.05) is 31.6 Å². The van der Waals surface area contributed by atoms with Gasteiger partial charge in [-0.2, -0.15) is 5.10 Å². The first-order chi connectivity index (χ1) is 14.2. The highest BCUT2D eigenvalue weighted by Gasteiger charge is 2.34. The Morgan fingerprint density at radius 2 is 1.86 bits per heavy atom. The minimum absolute atomic E-state index is 0.292. The summed E-state index contributed by atoms with van der Waals surface area (Å²) >= 11 is 0. The molecule has 0 bridgehead atoms. The maximum atomic E-state index is 6.23. The van der Waals surface area contributed by atoms with Crippen LogP contribution in [0.2, 0.25) is 0 Å². The van der Waals surface area contributed by atoms with E-state index in [0.717, 1.165) is 61.0 Å². The van der Waals surface area contributed by atoms with Crippen molar-refractivity contribution in [2.45, 2.75) is 18.4 Å². The predicted octanol–water partition coefficient (Wildman–Crippen LogP) is 1.56. The summed E-state index contributed by atoms with van der Waals surface area (Å²) in [5.74, 6) is 3.33. The van der Waals surface area contributed by atoms with Crippen LogP contribution in [0.1, 0.15) is 23.9 Å². The van der Waals surface area contributed by atoms with E-state index in [0.29, 0.717) is 17.8 Å². The molecule has 0 unspecified atom stereocenters. The standard InChI is InChI=1S/C20H25N7O2/c1-28-15-5-12(6-16(7-15)29-2)13-9-26(10-13)20-17-18(21)23-11-24-19(17)27(25-20)14-3-4-22-8-14/h5-7,11,13-14,22H,3-4,8-10H2,1-2H3,(H2,21,23,24)/t14-/m0/s1. The van der Waals surface area contributed by atoms with Gasteiger partial charge in [-0.1, -0.05) is 0 Å². The molecule has 2 aliphatic rings. The molecule has 2 fully saturated rings. The minimum atomic E-state index is 0.292. The van der Waals surface area contributed by atoms with E-state index < -0.39 is 0 Å². The summed E-state index contributed by atoms with van der Waals surface area (Å²) in [6.07, 6.45) is 2.55. The quantitative estimate of drug-likeness (QED) is 0.671. The van der Waals surface area contributed by atoms with Crippen molar-refractivity contribution < 1.29 is 9.47 Å². The van der Waals surface area contributed by atoms with E-state index in [2.05, 4.69) is 32.3 Å². The van der Waals surface area contributed by atoms with Crippen molar-refractivity contribution >= 4 is 22.7 Å². The van der Waals surface area contributed by atoms with Gasteiger partial charge in [0.2, 0.25) is 0 Å². The van der Waals surface area contributed by atoms with E-state index >= 15 is 0 Å². The average Bonchev–Trinajstić information content (AvgIpc) is 3.35. The fourth-order valence-electron chi connectivity index (χ4n) is 4.23. The molecule has 0 amide bonds. The molecular weight excluding hydrogens is 370 g/mol. The number of anilines is 2. The molecule has 3 N–H and O–H groups in total. The van der Waals surface area contributed by atoms with E-state index in [1.165, 1.54) is 11.9 Å². The molecule has 5 rings (SSSR count). The van der Waals surface area contributed by atoms with Gasteiger partial charge in [0.25, 0.3) is 0 Å². The molecule has 9 nitrogen and oxygen atoms in total. The van der Waals surface area contributed by atoms with Crippen LogP contribution in [-0.4, -0.2) is 60.1 Å². The maximum Gasteiger partial charge on any atom is 0.165 e. The number of nitrogen functional groups attached to an aromatic ring is 1. The maximum absolute atomic E-state index is 6.23. The first kappa shape index (κ1) is 18.0. The van der Waals surface area contributed by atoms with Crippen LogP contribution in [0, 0.1) is 0 Å². The Hall–Kier alpha value is -3.07. The van der Waals surface area contributed by atoms with Gasteiger partial charge in [0.1, 0.15) is 29.0 Å². The van der Waals surface area contributed by atoms with Crippen LogP contribution in [0.15, 0.2) is 24.5 Å². The molecule has 1 aromatic carbocycles. The zero-order valence-electron chi connectivity index (χ0n) is 16.6. The molecule has 0 aliphatic carbocycles. The Morgan fingerprint density at radius 3 is 2.52 bits per heavy atom. The lowest BCUT2D eigenvalue weighted by atomic mass is 9.91. The summed E-state index contributed by atoms with van der Waals surface area (Å²) < 4.78 is 12.8. The minimum Gasteiger partial charge on any atom is -0.497 e. The third-order valence-corrected chi connectivity index (χ3v) is 5.91. The summed E-state index contributed by atoms with van der Waals surface area (Å²) in [6.45, 7) is 3.58. The van der Waals surface area contributed by atoms with E-state index in [1.54, 1.807) is 14.2 Å². The number of hydrogen-bond acceptors (Lipinski definition) is 8. The second-order valence-corrected chi connectivity index (χ2v) is 7.62. The van der Waals surface area contributed by atoms with Gasteiger partial charge < -0.3 is 25.4 Å². The Labute approximate surface area is 168 Å². The van der Waals surface area contributed by atoms with Crippen LogP contribution >= 0.6 is 0 Å². The Bertz CT molecular complexity index is 1020. The highest BCUT2D eigenvalue weighted by Crippen LogP contribution is 2.39. The van der Waals surface area contributed by atoms with Gasteiger partial charge >= 0.3 is 0 Å². The summed E-state index contributed by atoms with van der Waals surface area (Å²) in [5, 5.41) is 9.16. The second kappa shape index (κ2) is 7.07. The van der Waals surface area contributed by atoms with Crippen molar-refractivity contribution in [3.63, 3.8) is 0 Å². The first-order valence-corrected chi connectivity index (χ1v) is 9.85. The number of ether oxygens (including phenoxy) is 2. The average molecular weight is 395 g/mol. The molecule has 2 aliphatic heterocycles. The highest BCUT2D eigenvalue weighted by atomic mass is 16.5. The van der Waals surface area contributed by atoms with Crippen molar-refractivity contribution in [3.8, 4) is 11.5 Å². The fourth-order valence-corrected chi connectivity index (χ4v) is 4.23. The van der Waals surface area contributed by atoms with Crippen molar-refractivity contribution in [2.24, 2.45) is 0 Å². The van der Waals surface area contributed by atoms with Gasteiger partial charge in [-0.15, -0.1) is 0 Å². The van der Waals surface area contributed by atoms with Gasteiger partial charge in [-0.3, -0.25) is 0 Å². The highest BCUT2D eigenvalue weighted by molar-refractivity contribution is 5.96. The molecule has 2 aromatic heterocycles. The SMILES string of the molecule is COc1cc(OC)cc(C2CN(c3nn([C@H]4CCNC4)c4ncnc(N)c34)C2)c1. The number of nitrogens with one attached hydrogen (secondary N) is 1. The van der Waals surface area contributed by atoms with Gasteiger partial charge in [-0.05, 0) is 30.7 Å². The number of benzene rings is 1. The molecule has 0 radical (unpaired) electrons. The lowest BCUT2D eigenvalue weighted by Crippen LogP contribution is -2.45. The van der Waals surface area contributed by atoms with Gasteiger partial charge in [-0.25, -0.2) is 14.6 Å². The largest absolute Gasteiger partial charge is 0.497 e. The van der Waals surface area contributed by atoms with Crippen LogP contribution in [0.5, 0.6) is 11.5 Å². The Balaban J connectivity index is 1.45. The smallest absolute Gasteiger partial charge is 0.165 e. The number of hydrogen-bond donors (Lipinski definition) is 2. The summed E-state index contributed by atoms with van der Waals surface area (Å²) in [7, 11) is 3.34. The lowest BCUT2D eigenvalue weighted by Gasteiger charge is -2.40. The van der Waals surface area contributed by atoms with Crippen molar-refractivity contribution in [1.29, 1.82) is 0 Å². The monoisotopic (exact) mass is 395 g/mol. The predicted molar refractivity (Wildman–Crippen MR) is 111 cm³/mol. The number of nitrogens with two attached hydrogens (primary N) is 1. The van der Waals surface area contributed by atoms with Crippen LogP contribution in [-0.2, 0) is 0 Å². The number of nitrogens with zero attached hydrogens (tertiary/aromatic N) is 5. The van der Waals surface area contributed by atoms with Crippen LogP contribution in [0.3, 0.4) is 0 Å². The zero-order valence-corrected chi connectivity index (χ0v) is 16.6. The van der Waals surface area contributed by atoms with E-state index in [9.17, 15) is 0 Å². The van der Waals surface area contributed by atoms with Crippen molar-refractivity contribution in [2.75, 3.05) is 51.0 Å². The number of aromatic nitrogens is 4. The van der Waals surface area contributed by atoms with E-state index in [1.807, 2.05) is 10.7 Å². The molecule has 0 saturated carbocycles. The third kappa shape index (κ3) is 3.02. The molecule has 3 aromatic rings. The second-order valence-electron chi connectivity index (χ2n) is 7.62. The molecule has 29 heavy (non-hydrogen) atoms. The molecule has 9 heteroatoms. The van der Waals surface area contributed by atoms with Crippen LogP contribution in [0.4, 0.5) is 11.6 Å². The van der Waals surface area contributed by atoms with Gasteiger partial charge in [0.15, 0.2) is 11.5 Å². The van der Waals surface area contributed by atoms with Crippen LogP contribution in [0.25, 0.3) is 11.0 Å². The van der Waals surface area contributed by atoms with Crippen molar-refractivity contribution in [3.05, 3.63) is 30.1 Å². The molecule has 4 heterocycles.